The maximum Gasteiger partial charge on any atom is 0.138 e. The van der Waals surface area contributed by atoms with E-state index in [1.54, 1.807) is 0 Å². The Kier molecular flexibility index (Phi) is 4.18. The molecule has 2 N–H and O–H groups in total. The highest BCUT2D eigenvalue weighted by Crippen LogP contribution is 2.13. The van der Waals surface area contributed by atoms with Gasteiger partial charge in [0.2, 0.25) is 0 Å². The molecule has 0 atom stereocenters. The summed E-state index contributed by atoms with van der Waals surface area (Å²) in [6.45, 7) is 5.41. The molecule has 2 aromatic heterocycles. The lowest BCUT2D eigenvalue weighted by Crippen LogP contribution is -2.26. The average molecular weight is 273 g/mol. The van der Waals surface area contributed by atoms with Crippen LogP contribution < -0.4 is 10.6 Å². The summed E-state index contributed by atoms with van der Waals surface area (Å²) >= 11 is 0. The van der Waals surface area contributed by atoms with Crippen molar-refractivity contribution in [2.24, 2.45) is 0 Å². The van der Waals surface area contributed by atoms with Gasteiger partial charge in [-0.1, -0.05) is 6.07 Å². The molecule has 5 heteroatoms. The molecular weight excluding hydrogens is 250 g/mol. The standard InChI is InChI=1S/C15H23N5/c1-16-11-13-12-20-14(5-4-6-15(20)18-13)17-7-10-19-8-2-3-9-19/h4-6,12,16-17H,2-3,7-11H2,1H3. The van der Waals surface area contributed by atoms with Crippen LogP contribution in [-0.4, -0.2) is 47.5 Å². The van der Waals surface area contributed by atoms with E-state index in [0.717, 1.165) is 36.8 Å². The van der Waals surface area contributed by atoms with E-state index in [1.807, 2.05) is 13.1 Å². The molecule has 1 aliphatic rings. The predicted octanol–water partition coefficient (Wildman–Crippen LogP) is 1.56. The Labute approximate surface area is 120 Å². The number of nitrogens with one attached hydrogen (secondary N) is 2. The minimum absolute atomic E-state index is 0.800. The van der Waals surface area contributed by atoms with Crippen molar-refractivity contribution in [1.82, 2.24) is 19.6 Å². The number of hydrogen-bond acceptors (Lipinski definition) is 4. The van der Waals surface area contributed by atoms with Gasteiger partial charge in [0.15, 0.2) is 0 Å². The van der Waals surface area contributed by atoms with Crippen molar-refractivity contribution >= 4 is 11.5 Å². The number of fused-ring (bicyclic) bond motifs is 1. The third kappa shape index (κ3) is 2.94. The fraction of sp³-hybridized carbons (Fsp3) is 0.533. The van der Waals surface area contributed by atoms with Crippen LogP contribution in [0, 0.1) is 0 Å². The number of pyridine rings is 1. The average Bonchev–Trinajstić information content (AvgIpc) is 3.08. The Hall–Kier alpha value is -1.59. The van der Waals surface area contributed by atoms with E-state index < -0.39 is 0 Å². The van der Waals surface area contributed by atoms with Gasteiger partial charge in [-0.15, -0.1) is 0 Å². The van der Waals surface area contributed by atoms with E-state index >= 15 is 0 Å². The smallest absolute Gasteiger partial charge is 0.138 e. The second-order valence-corrected chi connectivity index (χ2v) is 5.38. The van der Waals surface area contributed by atoms with Gasteiger partial charge in [0.25, 0.3) is 0 Å². The maximum atomic E-state index is 4.60. The molecule has 5 nitrogen and oxygen atoms in total. The van der Waals surface area contributed by atoms with Crippen LogP contribution in [0.4, 0.5) is 5.82 Å². The molecule has 0 aliphatic carbocycles. The zero-order chi connectivity index (χ0) is 13.8. The van der Waals surface area contributed by atoms with Crippen LogP contribution >= 0.6 is 0 Å². The summed E-state index contributed by atoms with van der Waals surface area (Å²) in [6, 6.07) is 6.22. The summed E-state index contributed by atoms with van der Waals surface area (Å²) in [5.41, 5.74) is 2.07. The molecule has 1 aliphatic heterocycles. The number of imidazole rings is 1. The second kappa shape index (κ2) is 6.24. The van der Waals surface area contributed by atoms with E-state index in [0.29, 0.717) is 0 Å². The first-order chi connectivity index (χ1) is 9.86. The van der Waals surface area contributed by atoms with Gasteiger partial charge in [0.1, 0.15) is 11.5 Å². The van der Waals surface area contributed by atoms with Crippen LogP contribution in [0.3, 0.4) is 0 Å². The molecule has 0 spiro atoms. The zero-order valence-electron chi connectivity index (χ0n) is 12.1. The number of rotatable bonds is 6. The first-order valence-electron chi connectivity index (χ1n) is 7.44. The lowest BCUT2D eigenvalue weighted by molar-refractivity contribution is 0.352. The van der Waals surface area contributed by atoms with Gasteiger partial charge in [-0.3, -0.25) is 4.40 Å². The molecule has 3 rings (SSSR count). The molecule has 1 saturated heterocycles. The summed E-state index contributed by atoms with van der Waals surface area (Å²) in [5, 5.41) is 6.67. The molecule has 3 heterocycles. The second-order valence-electron chi connectivity index (χ2n) is 5.38. The van der Waals surface area contributed by atoms with Gasteiger partial charge in [-0.05, 0) is 45.1 Å². The number of likely N-dealkylation sites (tertiary alicyclic amines) is 1. The van der Waals surface area contributed by atoms with Crippen molar-refractivity contribution in [1.29, 1.82) is 0 Å². The van der Waals surface area contributed by atoms with E-state index in [1.165, 1.54) is 25.9 Å². The van der Waals surface area contributed by atoms with Crippen LogP contribution in [0.1, 0.15) is 18.5 Å². The van der Waals surface area contributed by atoms with Crippen molar-refractivity contribution in [3.05, 3.63) is 30.1 Å². The highest BCUT2D eigenvalue weighted by molar-refractivity contribution is 5.51. The largest absolute Gasteiger partial charge is 0.370 e. The summed E-state index contributed by atoms with van der Waals surface area (Å²) in [4.78, 5) is 7.12. The zero-order valence-corrected chi connectivity index (χ0v) is 12.1. The molecule has 0 amide bonds. The van der Waals surface area contributed by atoms with E-state index in [9.17, 15) is 0 Å². The topological polar surface area (TPSA) is 44.6 Å². The Balaban J connectivity index is 1.66. The van der Waals surface area contributed by atoms with Gasteiger partial charge >= 0.3 is 0 Å². The number of aromatic nitrogens is 2. The molecule has 1 fully saturated rings. The minimum Gasteiger partial charge on any atom is -0.370 e. The van der Waals surface area contributed by atoms with Crippen molar-refractivity contribution < 1.29 is 0 Å². The number of hydrogen-bond donors (Lipinski definition) is 2. The van der Waals surface area contributed by atoms with Crippen molar-refractivity contribution in [2.75, 3.05) is 38.5 Å². The van der Waals surface area contributed by atoms with Crippen LogP contribution in [0.15, 0.2) is 24.4 Å². The van der Waals surface area contributed by atoms with Gasteiger partial charge in [0, 0.05) is 25.8 Å². The van der Waals surface area contributed by atoms with Crippen LogP contribution in [0.2, 0.25) is 0 Å². The Morgan fingerprint density at radius 2 is 2.10 bits per heavy atom. The fourth-order valence-electron chi connectivity index (χ4n) is 2.82. The molecule has 2 aromatic rings. The highest BCUT2D eigenvalue weighted by atomic mass is 15.2. The molecule has 20 heavy (non-hydrogen) atoms. The summed E-state index contributed by atoms with van der Waals surface area (Å²) in [6.07, 6.45) is 4.80. The maximum absolute atomic E-state index is 4.60. The fourth-order valence-corrected chi connectivity index (χ4v) is 2.82. The van der Waals surface area contributed by atoms with Crippen LogP contribution in [0.25, 0.3) is 5.65 Å². The predicted molar refractivity (Wildman–Crippen MR) is 82.1 cm³/mol. The highest BCUT2D eigenvalue weighted by Gasteiger charge is 2.10. The first kappa shape index (κ1) is 13.4. The molecular formula is C15H23N5. The molecule has 108 valence electrons. The third-order valence-corrected chi connectivity index (χ3v) is 3.83. The number of nitrogens with zero attached hydrogens (tertiary/aromatic N) is 3. The summed E-state index contributed by atoms with van der Waals surface area (Å²) < 4.78 is 2.14. The van der Waals surface area contributed by atoms with Crippen LogP contribution in [0.5, 0.6) is 0 Å². The lowest BCUT2D eigenvalue weighted by atomic mass is 10.4. The van der Waals surface area contributed by atoms with Gasteiger partial charge < -0.3 is 15.5 Å². The van der Waals surface area contributed by atoms with E-state index in [-0.39, 0.29) is 0 Å². The summed E-state index contributed by atoms with van der Waals surface area (Å²) in [5.74, 6) is 1.12. The van der Waals surface area contributed by atoms with Gasteiger partial charge in [-0.2, -0.15) is 0 Å². The molecule has 0 aromatic carbocycles. The molecule has 0 unspecified atom stereocenters. The first-order valence-corrected chi connectivity index (χ1v) is 7.44. The quantitative estimate of drug-likeness (QED) is 0.838. The third-order valence-electron chi connectivity index (χ3n) is 3.83. The lowest BCUT2D eigenvalue weighted by Gasteiger charge is -2.15. The molecule has 0 saturated carbocycles. The van der Waals surface area contributed by atoms with Crippen molar-refractivity contribution in [2.45, 2.75) is 19.4 Å². The minimum atomic E-state index is 0.800. The Morgan fingerprint density at radius 3 is 2.90 bits per heavy atom. The number of anilines is 1. The SMILES string of the molecule is CNCc1cn2c(NCCN3CCCC3)cccc2n1. The Bertz CT molecular complexity index is 556. The monoisotopic (exact) mass is 273 g/mol. The summed E-state index contributed by atoms with van der Waals surface area (Å²) in [7, 11) is 1.94. The molecule has 0 radical (unpaired) electrons. The van der Waals surface area contributed by atoms with E-state index in [4.69, 9.17) is 0 Å². The van der Waals surface area contributed by atoms with Gasteiger partial charge in [0.05, 0.1) is 5.69 Å². The van der Waals surface area contributed by atoms with Gasteiger partial charge in [-0.25, -0.2) is 4.98 Å². The van der Waals surface area contributed by atoms with Crippen molar-refractivity contribution in [3.63, 3.8) is 0 Å². The van der Waals surface area contributed by atoms with E-state index in [2.05, 4.69) is 43.2 Å². The van der Waals surface area contributed by atoms with Crippen LogP contribution in [-0.2, 0) is 6.54 Å². The van der Waals surface area contributed by atoms with Crippen molar-refractivity contribution in [3.8, 4) is 0 Å². The Morgan fingerprint density at radius 1 is 1.25 bits per heavy atom. The normalized spacial score (nSPS) is 16.1. The molecule has 0 bridgehead atoms.